The lowest BCUT2D eigenvalue weighted by atomic mass is 9.93. The molecule has 0 bridgehead atoms. The Hall–Kier alpha value is -3.26. The van der Waals surface area contributed by atoms with E-state index in [-0.39, 0.29) is 0 Å². The van der Waals surface area contributed by atoms with E-state index in [9.17, 15) is 0 Å². The third kappa shape index (κ3) is 5.21. The molecule has 0 fully saturated rings. The molecule has 0 saturated carbocycles. The fourth-order valence-corrected chi connectivity index (χ4v) is 3.52. The average Bonchev–Trinajstić information content (AvgIpc) is 2.73. The second kappa shape index (κ2) is 10.5. The highest BCUT2D eigenvalue weighted by Gasteiger charge is 2.26. The Kier molecular flexibility index (Phi) is 8.06. The molecule has 1 aromatic rings. The van der Waals surface area contributed by atoms with Crippen molar-refractivity contribution >= 4 is 5.69 Å². The van der Waals surface area contributed by atoms with Crippen LogP contribution in [0.4, 0.5) is 5.69 Å². The smallest absolute Gasteiger partial charge is 0.0480 e. The van der Waals surface area contributed by atoms with E-state index in [4.69, 9.17) is 0 Å². The third-order valence-corrected chi connectivity index (χ3v) is 5.09. The standard InChI is InChI=1S/C28H34N2/c1-9-24(10-2)21(6)19-29-22(7)27-18-25(11-3)28(17-20(4)5)30(23(27)8)26-15-13-12-14-16-26/h9-16,18-20,29H,1,3,7-8,17H2,2,4-6H3/b21-19+,24-10+. The summed E-state index contributed by atoms with van der Waals surface area (Å²) in [5.74, 6) is 0.508. The number of benzene rings is 1. The van der Waals surface area contributed by atoms with Crippen molar-refractivity contribution in [2.45, 2.75) is 34.1 Å². The molecule has 1 heterocycles. The Morgan fingerprint density at radius 1 is 1.17 bits per heavy atom. The van der Waals surface area contributed by atoms with Crippen molar-refractivity contribution in [1.82, 2.24) is 5.32 Å². The molecule has 0 amide bonds. The first-order valence-corrected chi connectivity index (χ1v) is 10.4. The fourth-order valence-electron chi connectivity index (χ4n) is 3.52. The minimum absolute atomic E-state index is 0.508. The van der Waals surface area contributed by atoms with Crippen LogP contribution in [0.2, 0.25) is 0 Å². The first kappa shape index (κ1) is 23.0. The second-order valence-corrected chi connectivity index (χ2v) is 7.78. The average molecular weight is 399 g/mol. The zero-order chi connectivity index (χ0) is 22.3. The van der Waals surface area contributed by atoms with Gasteiger partial charge in [0.1, 0.15) is 0 Å². The normalized spacial score (nSPS) is 15.3. The topological polar surface area (TPSA) is 15.3 Å². The van der Waals surface area contributed by atoms with Crippen molar-refractivity contribution in [3.8, 4) is 0 Å². The van der Waals surface area contributed by atoms with Crippen molar-refractivity contribution in [2.75, 3.05) is 4.90 Å². The van der Waals surface area contributed by atoms with Crippen LogP contribution in [-0.2, 0) is 0 Å². The highest BCUT2D eigenvalue weighted by molar-refractivity contribution is 5.70. The van der Waals surface area contributed by atoms with E-state index in [2.05, 4.69) is 68.6 Å². The maximum Gasteiger partial charge on any atom is 0.0480 e. The molecule has 1 aliphatic heterocycles. The van der Waals surface area contributed by atoms with Crippen molar-refractivity contribution in [1.29, 1.82) is 0 Å². The number of hydrogen-bond acceptors (Lipinski definition) is 2. The van der Waals surface area contributed by atoms with Gasteiger partial charge in [-0.1, -0.05) is 76.6 Å². The highest BCUT2D eigenvalue weighted by atomic mass is 15.2. The van der Waals surface area contributed by atoms with Crippen LogP contribution in [0.3, 0.4) is 0 Å². The quantitative estimate of drug-likeness (QED) is 0.431. The van der Waals surface area contributed by atoms with E-state index in [1.165, 1.54) is 5.70 Å². The summed E-state index contributed by atoms with van der Waals surface area (Å²) in [5.41, 5.74) is 8.24. The van der Waals surface area contributed by atoms with Gasteiger partial charge in [0.25, 0.3) is 0 Å². The molecule has 156 valence electrons. The number of allylic oxidation sites excluding steroid dienone is 8. The van der Waals surface area contributed by atoms with Crippen molar-refractivity contribution in [2.24, 2.45) is 5.92 Å². The Labute approximate surface area is 182 Å². The number of hydrogen-bond donors (Lipinski definition) is 1. The number of nitrogens with one attached hydrogen (secondary N) is 1. The molecule has 2 heteroatoms. The summed E-state index contributed by atoms with van der Waals surface area (Å²) >= 11 is 0. The summed E-state index contributed by atoms with van der Waals surface area (Å²) in [5, 5.41) is 3.35. The van der Waals surface area contributed by atoms with E-state index in [0.29, 0.717) is 5.92 Å². The Morgan fingerprint density at radius 3 is 2.37 bits per heavy atom. The molecule has 1 aliphatic rings. The molecule has 30 heavy (non-hydrogen) atoms. The molecule has 2 nitrogen and oxygen atoms in total. The lowest BCUT2D eigenvalue weighted by Gasteiger charge is -2.36. The van der Waals surface area contributed by atoms with E-state index in [0.717, 1.165) is 45.8 Å². The maximum atomic E-state index is 4.44. The first-order valence-electron chi connectivity index (χ1n) is 10.4. The lowest BCUT2D eigenvalue weighted by Crippen LogP contribution is -2.29. The van der Waals surface area contributed by atoms with E-state index in [1.807, 2.05) is 56.5 Å². The van der Waals surface area contributed by atoms with Crippen LogP contribution in [0.1, 0.15) is 34.1 Å². The number of nitrogens with zero attached hydrogens (tertiary/aromatic N) is 1. The molecule has 1 aromatic carbocycles. The van der Waals surface area contributed by atoms with Gasteiger partial charge in [-0.25, -0.2) is 0 Å². The Balaban J connectivity index is 2.48. The van der Waals surface area contributed by atoms with Crippen LogP contribution >= 0.6 is 0 Å². The summed E-state index contributed by atoms with van der Waals surface area (Å²) in [6, 6.07) is 10.3. The zero-order valence-electron chi connectivity index (χ0n) is 18.8. The largest absolute Gasteiger partial charge is 0.361 e. The highest BCUT2D eigenvalue weighted by Crippen LogP contribution is 2.38. The fraction of sp³-hybridized carbons (Fsp3) is 0.214. The first-order chi connectivity index (χ1) is 14.3. The maximum absolute atomic E-state index is 4.44. The molecular weight excluding hydrogens is 364 g/mol. The Morgan fingerprint density at radius 2 is 1.83 bits per heavy atom. The van der Waals surface area contributed by atoms with Crippen LogP contribution in [0.25, 0.3) is 0 Å². The molecule has 0 unspecified atom stereocenters. The van der Waals surface area contributed by atoms with Gasteiger partial charge in [-0.3, -0.25) is 0 Å². The number of para-hydroxylation sites is 1. The summed E-state index contributed by atoms with van der Waals surface area (Å²) in [6.45, 7) is 25.2. The van der Waals surface area contributed by atoms with Crippen molar-refractivity contribution in [3.63, 3.8) is 0 Å². The van der Waals surface area contributed by atoms with Crippen LogP contribution in [0.15, 0.2) is 127 Å². The Bertz CT molecular complexity index is 950. The van der Waals surface area contributed by atoms with Gasteiger partial charge in [-0.15, -0.1) is 0 Å². The lowest BCUT2D eigenvalue weighted by molar-refractivity contribution is 0.629. The van der Waals surface area contributed by atoms with E-state index >= 15 is 0 Å². The predicted octanol–water partition coefficient (Wildman–Crippen LogP) is 7.57. The molecule has 0 aromatic heterocycles. The van der Waals surface area contributed by atoms with Gasteiger partial charge in [0.2, 0.25) is 0 Å². The van der Waals surface area contributed by atoms with Gasteiger partial charge in [-0.05, 0) is 61.1 Å². The molecule has 0 saturated heterocycles. The summed E-state index contributed by atoms with van der Waals surface area (Å²) in [4.78, 5) is 2.23. The monoisotopic (exact) mass is 398 g/mol. The van der Waals surface area contributed by atoms with Crippen LogP contribution < -0.4 is 10.2 Å². The third-order valence-electron chi connectivity index (χ3n) is 5.09. The van der Waals surface area contributed by atoms with Gasteiger partial charge in [0.15, 0.2) is 0 Å². The van der Waals surface area contributed by atoms with Crippen LogP contribution in [0, 0.1) is 5.92 Å². The zero-order valence-corrected chi connectivity index (χ0v) is 18.8. The van der Waals surface area contributed by atoms with Crippen LogP contribution in [0.5, 0.6) is 0 Å². The van der Waals surface area contributed by atoms with Gasteiger partial charge < -0.3 is 10.2 Å². The molecule has 0 atom stereocenters. The molecule has 0 aliphatic carbocycles. The minimum atomic E-state index is 0.508. The minimum Gasteiger partial charge on any atom is -0.361 e. The van der Waals surface area contributed by atoms with Gasteiger partial charge in [0.05, 0.1) is 0 Å². The summed E-state index contributed by atoms with van der Waals surface area (Å²) in [6.07, 6.45) is 10.8. The van der Waals surface area contributed by atoms with Crippen LogP contribution in [-0.4, -0.2) is 0 Å². The number of anilines is 1. The molecule has 2 rings (SSSR count). The number of rotatable bonds is 9. The molecule has 1 N–H and O–H groups in total. The van der Waals surface area contributed by atoms with E-state index < -0.39 is 0 Å². The van der Waals surface area contributed by atoms with Gasteiger partial charge in [0, 0.05) is 34.6 Å². The SMILES string of the molecule is C=CC1=C(CC(C)C)N(c2ccccc2)C(=C)C(C(=C)N/C=C(C)/C(C=C)=C/C)=C1. The van der Waals surface area contributed by atoms with Gasteiger partial charge in [-0.2, -0.15) is 0 Å². The summed E-state index contributed by atoms with van der Waals surface area (Å²) < 4.78 is 0. The molecule has 0 radical (unpaired) electrons. The van der Waals surface area contributed by atoms with Crippen molar-refractivity contribution in [3.05, 3.63) is 127 Å². The molecular formula is C28H34N2. The predicted molar refractivity (Wildman–Crippen MR) is 133 cm³/mol. The van der Waals surface area contributed by atoms with Gasteiger partial charge >= 0.3 is 0 Å². The van der Waals surface area contributed by atoms with E-state index in [1.54, 1.807) is 0 Å². The van der Waals surface area contributed by atoms with Crippen molar-refractivity contribution < 1.29 is 0 Å². The molecule has 0 spiro atoms. The summed E-state index contributed by atoms with van der Waals surface area (Å²) in [7, 11) is 0. The second-order valence-electron chi connectivity index (χ2n) is 7.78.